The van der Waals surface area contributed by atoms with Crippen molar-refractivity contribution in [3.05, 3.63) is 42.4 Å². The third kappa shape index (κ3) is 1.24. The van der Waals surface area contributed by atoms with Gasteiger partial charge in [-0.3, -0.25) is 0 Å². The standard InChI is InChI=1S/C14H14N2O2/c17-13-7-18-6-11(13)14-10-4-2-1-3-9(10)12-5-15-8-16(12)14/h1-5,8,11,13-14,17H,6-7H2/t11-,13-,14-/m0/s1. The molecule has 18 heavy (non-hydrogen) atoms. The Bertz CT molecular complexity index is 593. The van der Waals surface area contributed by atoms with Crippen LogP contribution in [0.3, 0.4) is 0 Å². The summed E-state index contributed by atoms with van der Waals surface area (Å²) in [6.45, 7) is 1.05. The summed E-state index contributed by atoms with van der Waals surface area (Å²) in [5.74, 6) is 0.113. The van der Waals surface area contributed by atoms with E-state index in [0.29, 0.717) is 13.2 Å². The van der Waals surface area contributed by atoms with Crippen LogP contribution in [0.2, 0.25) is 0 Å². The van der Waals surface area contributed by atoms with Crippen molar-refractivity contribution in [2.75, 3.05) is 13.2 Å². The van der Waals surface area contributed by atoms with E-state index in [1.165, 1.54) is 11.1 Å². The van der Waals surface area contributed by atoms with E-state index in [9.17, 15) is 5.11 Å². The first kappa shape index (κ1) is 10.3. The van der Waals surface area contributed by atoms with E-state index >= 15 is 0 Å². The van der Waals surface area contributed by atoms with E-state index in [1.807, 2.05) is 24.7 Å². The summed E-state index contributed by atoms with van der Waals surface area (Å²) in [6.07, 6.45) is 3.35. The predicted molar refractivity (Wildman–Crippen MR) is 66.1 cm³/mol. The quantitative estimate of drug-likeness (QED) is 0.823. The number of rotatable bonds is 1. The SMILES string of the molecule is O[C@H]1COC[C@@H]1[C@@H]1c2ccccc2-c2cncn21. The summed E-state index contributed by atoms with van der Waals surface area (Å²) in [6, 6.07) is 8.49. The van der Waals surface area contributed by atoms with Crippen LogP contribution in [-0.2, 0) is 4.74 Å². The van der Waals surface area contributed by atoms with Crippen LogP contribution in [0, 0.1) is 5.92 Å². The van der Waals surface area contributed by atoms with Gasteiger partial charge in [0.2, 0.25) is 0 Å². The lowest BCUT2D eigenvalue weighted by atomic mass is 9.90. The molecule has 0 spiro atoms. The maximum Gasteiger partial charge on any atom is 0.0956 e. The molecule has 3 heterocycles. The number of imidazole rings is 1. The van der Waals surface area contributed by atoms with Gasteiger partial charge < -0.3 is 14.4 Å². The Morgan fingerprint density at radius 2 is 2.17 bits per heavy atom. The fourth-order valence-corrected chi connectivity index (χ4v) is 3.17. The summed E-state index contributed by atoms with van der Waals surface area (Å²) in [4.78, 5) is 4.23. The smallest absolute Gasteiger partial charge is 0.0956 e. The summed E-state index contributed by atoms with van der Waals surface area (Å²) >= 11 is 0. The Balaban J connectivity index is 1.89. The molecule has 1 aromatic carbocycles. The van der Waals surface area contributed by atoms with Gasteiger partial charge in [-0.05, 0) is 5.56 Å². The molecule has 4 heteroatoms. The molecule has 4 rings (SSSR count). The van der Waals surface area contributed by atoms with Gasteiger partial charge in [0.15, 0.2) is 0 Å². The van der Waals surface area contributed by atoms with E-state index in [4.69, 9.17) is 4.74 Å². The lowest BCUT2D eigenvalue weighted by Crippen LogP contribution is -2.27. The van der Waals surface area contributed by atoms with Gasteiger partial charge in [0.05, 0.1) is 43.6 Å². The highest BCUT2D eigenvalue weighted by molar-refractivity contribution is 5.69. The van der Waals surface area contributed by atoms with Crippen molar-refractivity contribution >= 4 is 0 Å². The number of hydrogen-bond acceptors (Lipinski definition) is 3. The zero-order chi connectivity index (χ0) is 12.1. The molecule has 4 nitrogen and oxygen atoms in total. The maximum absolute atomic E-state index is 10.1. The molecule has 92 valence electrons. The summed E-state index contributed by atoms with van der Waals surface area (Å²) in [7, 11) is 0. The second kappa shape index (κ2) is 3.67. The first-order valence-electron chi connectivity index (χ1n) is 6.23. The number of hydrogen-bond donors (Lipinski definition) is 1. The van der Waals surface area contributed by atoms with Crippen molar-refractivity contribution in [3.8, 4) is 11.3 Å². The number of ether oxygens (including phenoxy) is 1. The van der Waals surface area contributed by atoms with Crippen LogP contribution in [0.1, 0.15) is 11.6 Å². The molecule has 0 aliphatic carbocycles. The van der Waals surface area contributed by atoms with Gasteiger partial charge in [-0.1, -0.05) is 24.3 Å². The molecule has 0 saturated carbocycles. The minimum absolute atomic E-state index is 0.113. The molecular formula is C14H14N2O2. The monoisotopic (exact) mass is 242 g/mol. The number of aliphatic hydroxyl groups is 1. The molecular weight excluding hydrogens is 228 g/mol. The highest BCUT2D eigenvalue weighted by Gasteiger charge is 2.40. The van der Waals surface area contributed by atoms with Gasteiger partial charge in [0.1, 0.15) is 0 Å². The Labute approximate surface area is 105 Å². The van der Waals surface area contributed by atoms with Crippen LogP contribution < -0.4 is 0 Å². The van der Waals surface area contributed by atoms with E-state index < -0.39 is 6.10 Å². The second-order valence-electron chi connectivity index (χ2n) is 4.99. The Hall–Kier alpha value is -1.65. The molecule has 1 aromatic heterocycles. The van der Waals surface area contributed by atoms with Gasteiger partial charge in [-0.25, -0.2) is 4.98 Å². The lowest BCUT2D eigenvalue weighted by Gasteiger charge is -2.23. The molecule has 2 aliphatic rings. The minimum atomic E-state index is -0.392. The molecule has 2 aliphatic heterocycles. The van der Waals surface area contributed by atoms with Crippen molar-refractivity contribution in [1.29, 1.82) is 0 Å². The van der Waals surface area contributed by atoms with Gasteiger partial charge in [0.25, 0.3) is 0 Å². The second-order valence-corrected chi connectivity index (χ2v) is 4.99. The number of nitrogens with zero attached hydrogens (tertiary/aromatic N) is 2. The third-order valence-corrected chi connectivity index (χ3v) is 4.02. The number of benzene rings is 1. The van der Waals surface area contributed by atoms with Gasteiger partial charge >= 0.3 is 0 Å². The first-order valence-corrected chi connectivity index (χ1v) is 6.23. The number of fused-ring (bicyclic) bond motifs is 3. The maximum atomic E-state index is 10.1. The fraction of sp³-hybridized carbons (Fsp3) is 0.357. The van der Waals surface area contributed by atoms with E-state index in [1.54, 1.807) is 0 Å². The average molecular weight is 242 g/mol. The highest BCUT2D eigenvalue weighted by Crippen LogP contribution is 2.44. The fourth-order valence-electron chi connectivity index (χ4n) is 3.17. The van der Waals surface area contributed by atoms with E-state index in [0.717, 1.165) is 5.69 Å². The summed E-state index contributed by atoms with van der Waals surface area (Å²) in [5, 5.41) is 10.1. The van der Waals surface area contributed by atoms with E-state index in [-0.39, 0.29) is 12.0 Å². The summed E-state index contributed by atoms with van der Waals surface area (Å²) in [5.41, 5.74) is 3.62. The van der Waals surface area contributed by atoms with Crippen LogP contribution in [0.15, 0.2) is 36.8 Å². The first-order chi connectivity index (χ1) is 8.86. The van der Waals surface area contributed by atoms with Crippen molar-refractivity contribution < 1.29 is 9.84 Å². The number of aliphatic hydroxyl groups excluding tert-OH is 1. The molecule has 1 fully saturated rings. The molecule has 0 unspecified atom stereocenters. The van der Waals surface area contributed by atoms with Gasteiger partial charge in [-0.2, -0.15) is 0 Å². The van der Waals surface area contributed by atoms with E-state index in [2.05, 4.69) is 21.7 Å². The molecule has 1 saturated heterocycles. The lowest BCUT2D eigenvalue weighted by molar-refractivity contribution is 0.111. The molecule has 0 bridgehead atoms. The van der Waals surface area contributed by atoms with Crippen LogP contribution >= 0.6 is 0 Å². The normalized spacial score (nSPS) is 29.3. The minimum Gasteiger partial charge on any atom is -0.390 e. The molecule has 2 aromatic rings. The Morgan fingerprint density at radius 1 is 1.28 bits per heavy atom. The highest BCUT2D eigenvalue weighted by atomic mass is 16.5. The van der Waals surface area contributed by atoms with Crippen LogP contribution in [-0.4, -0.2) is 34.0 Å². The Kier molecular flexibility index (Phi) is 2.10. The van der Waals surface area contributed by atoms with Crippen molar-refractivity contribution in [2.45, 2.75) is 12.1 Å². The van der Waals surface area contributed by atoms with Crippen molar-refractivity contribution in [3.63, 3.8) is 0 Å². The van der Waals surface area contributed by atoms with Crippen LogP contribution in [0.4, 0.5) is 0 Å². The molecule has 0 amide bonds. The molecule has 3 atom stereocenters. The largest absolute Gasteiger partial charge is 0.390 e. The number of aromatic nitrogens is 2. The van der Waals surface area contributed by atoms with Gasteiger partial charge in [0, 0.05) is 11.5 Å². The molecule has 1 N–H and O–H groups in total. The zero-order valence-corrected chi connectivity index (χ0v) is 9.86. The Morgan fingerprint density at radius 3 is 3.00 bits per heavy atom. The van der Waals surface area contributed by atoms with Crippen LogP contribution in [0.5, 0.6) is 0 Å². The zero-order valence-electron chi connectivity index (χ0n) is 9.86. The summed E-state index contributed by atoms with van der Waals surface area (Å²) < 4.78 is 7.56. The average Bonchev–Trinajstić information content (AvgIpc) is 3.05. The van der Waals surface area contributed by atoms with Gasteiger partial charge in [-0.15, -0.1) is 0 Å². The van der Waals surface area contributed by atoms with Crippen LogP contribution in [0.25, 0.3) is 11.3 Å². The molecule has 0 radical (unpaired) electrons. The van der Waals surface area contributed by atoms with Crippen molar-refractivity contribution in [2.24, 2.45) is 5.92 Å². The van der Waals surface area contributed by atoms with Crippen molar-refractivity contribution in [1.82, 2.24) is 9.55 Å². The predicted octanol–water partition coefficient (Wildman–Crippen LogP) is 1.46. The third-order valence-electron chi connectivity index (χ3n) is 4.02. The topological polar surface area (TPSA) is 47.3 Å².